The number of hydrogen-bond acceptors (Lipinski definition) is 3. The topological polar surface area (TPSA) is 66.6 Å². The van der Waals surface area contributed by atoms with Crippen LogP contribution >= 0.6 is 0 Å². The lowest BCUT2D eigenvalue weighted by Crippen LogP contribution is -2.37. The van der Waals surface area contributed by atoms with Crippen molar-refractivity contribution in [2.24, 2.45) is 11.7 Å². The summed E-state index contributed by atoms with van der Waals surface area (Å²) < 4.78 is 0. The molecule has 1 heterocycles. The summed E-state index contributed by atoms with van der Waals surface area (Å²) >= 11 is 0. The maximum atomic E-state index is 10.9. The lowest BCUT2D eigenvalue weighted by Gasteiger charge is -2.21. The lowest BCUT2D eigenvalue weighted by molar-refractivity contribution is -0.142. The molecule has 1 rings (SSSR count). The fourth-order valence-electron chi connectivity index (χ4n) is 1.87. The number of hydrogen-bond donors (Lipinski definition) is 2. The van der Waals surface area contributed by atoms with Crippen LogP contribution in [-0.2, 0) is 4.79 Å². The summed E-state index contributed by atoms with van der Waals surface area (Å²) in [6.07, 6.45) is 1.63. The van der Waals surface area contributed by atoms with Crippen molar-refractivity contribution in [1.82, 2.24) is 4.90 Å². The molecule has 4 heteroatoms. The SMILES string of the molecule is CC(C)CCN1CC(N)CC1C(=O)O. The van der Waals surface area contributed by atoms with Crippen molar-refractivity contribution in [3.05, 3.63) is 0 Å². The molecular formula is C10H20N2O2. The van der Waals surface area contributed by atoms with E-state index in [1.807, 2.05) is 4.90 Å². The first-order valence-electron chi connectivity index (χ1n) is 5.23. The highest BCUT2D eigenvalue weighted by Crippen LogP contribution is 2.18. The summed E-state index contributed by atoms with van der Waals surface area (Å²) in [7, 11) is 0. The van der Waals surface area contributed by atoms with Crippen LogP contribution in [0.1, 0.15) is 26.7 Å². The van der Waals surface area contributed by atoms with Gasteiger partial charge in [-0.05, 0) is 25.3 Å². The zero-order valence-electron chi connectivity index (χ0n) is 8.94. The molecule has 0 aromatic rings. The van der Waals surface area contributed by atoms with Gasteiger partial charge in [-0.2, -0.15) is 0 Å². The highest BCUT2D eigenvalue weighted by molar-refractivity contribution is 5.74. The lowest BCUT2D eigenvalue weighted by atomic mass is 10.1. The van der Waals surface area contributed by atoms with Gasteiger partial charge in [0.05, 0.1) is 0 Å². The van der Waals surface area contributed by atoms with E-state index < -0.39 is 5.97 Å². The first-order valence-corrected chi connectivity index (χ1v) is 5.23. The molecule has 0 radical (unpaired) electrons. The van der Waals surface area contributed by atoms with Crippen LogP contribution in [0.5, 0.6) is 0 Å². The molecule has 1 aliphatic rings. The van der Waals surface area contributed by atoms with Crippen LogP contribution in [0.4, 0.5) is 0 Å². The van der Waals surface area contributed by atoms with Crippen molar-refractivity contribution in [2.45, 2.75) is 38.8 Å². The highest BCUT2D eigenvalue weighted by atomic mass is 16.4. The Labute approximate surface area is 85.1 Å². The summed E-state index contributed by atoms with van der Waals surface area (Å²) in [5, 5.41) is 8.97. The summed E-state index contributed by atoms with van der Waals surface area (Å²) in [5.41, 5.74) is 5.75. The second-order valence-electron chi connectivity index (χ2n) is 4.53. The second-order valence-corrected chi connectivity index (χ2v) is 4.53. The van der Waals surface area contributed by atoms with Crippen molar-refractivity contribution in [3.8, 4) is 0 Å². The third-order valence-electron chi connectivity index (χ3n) is 2.71. The van der Waals surface area contributed by atoms with E-state index in [0.29, 0.717) is 12.3 Å². The molecule has 14 heavy (non-hydrogen) atoms. The van der Waals surface area contributed by atoms with Gasteiger partial charge in [-0.1, -0.05) is 13.8 Å². The Hall–Kier alpha value is -0.610. The predicted octanol–water partition coefficient (Wildman–Crippen LogP) is 0.519. The minimum absolute atomic E-state index is 0.0308. The maximum absolute atomic E-state index is 10.9. The first-order chi connectivity index (χ1) is 6.50. The van der Waals surface area contributed by atoms with E-state index in [2.05, 4.69) is 13.8 Å². The summed E-state index contributed by atoms with van der Waals surface area (Å²) in [6, 6.07) is -0.327. The van der Waals surface area contributed by atoms with Crippen LogP contribution in [0, 0.1) is 5.92 Å². The molecule has 0 aliphatic carbocycles. The van der Waals surface area contributed by atoms with Crippen LogP contribution < -0.4 is 5.73 Å². The van der Waals surface area contributed by atoms with Crippen molar-refractivity contribution in [1.29, 1.82) is 0 Å². The van der Waals surface area contributed by atoms with Crippen molar-refractivity contribution >= 4 is 5.97 Å². The summed E-state index contributed by atoms with van der Waals surface area (Å²) in [6.45, 7) is 5.86. The Morgan fingerprint density at radius 3 is 2.79 bits per heavy atom. The van der Waals surface area contributed by atoms with Gasteiger partial charge in [-0.25, -0.2) is 0 Å². The molecule has 0 aromatic carbocycles. The Kier molecular flexibility index (Phi) is 3.89. The Bertz CT molecular complexity index is 206. The van der Waals surface area contributed by atoms with E-state index in [1.54, 1.807) is 0 Å². The average molecular weight is 200 g/mol. The number of likely N-dealkylation sites (tertiary alicyclic amines) is 1. The van der Waals surface area contributed by atoms with E-state index in [-0.39, 0.29) is 12.1 Å². The molecule has 0 bridgehead atoms. The van der Waals surface area contributed by atoms with Crippen LogP contribution in [0.25, 0.3) is 0 Å². The fourth-order valence-corrected chi connectivity index (χ4v) is 1.87. The second kappa shape index (κ2) is 4.75. The third kappa shape index (κ3) is 2.96. The molecule has 1 aliphatic heterocycles. The molecule has 1 saturated heterocycles. The van der Waals surface area contributed by atoms with Gasteiger partial charge in [0.15, 0.2) is 0 Å². The maximum Gasteiger partial charge on any atom is 0.320 e. The van der Waals surface area contributed by atoms with Gasteiger partial charge in [0.2, 0.25) is 0 Å². The van der Waals surface area contributed by atoms with Crippen LogP contribution in [0.15, 0.2) is 0 Å². The molecule has 2 atom stereocenters. The van der Waals surface area contributed by atoms with E-state index in [9.17, 15) is 4.79 Å². The molecule has 1 fully saturated rings. The van der Waals surface area contributed by atoms with Gasteiger partial charge in [-0.3, -0.25) is 9.69 Å². The molecule has 2 unspecified atom stereocenters. The summed E-state index contributed by atoms with van der Waals surface area (Å²) in [5.74, 6) is -0.122. The smallest absolute Gasteiger partial charge is 0.320 e. The number of carboxylic acids is 1. The number of carboxylic acid groups (broad SMARTS) is 1. The van der Waals surface area contributed by atoms with Crippen LogP contribution in [0.3, 0.4) is 0 Å². The standard InChI is InChI=1S/C10H20N2O2/c1-7(2)3-4-12-6-8(11)5-9(12)10(13)14/h7-9H,3-6,11H2,1-2H3,(H,13,14). The van der Waals surface area contributed by atoms with Gasteiger partial charge < -0.3 is 10.8 Å². The number of aliphatic carboxylic acids is 1. The predicted molar refractivity (Wildman–Crippen MR) is 55.0 cm³/mol. The quantitative estimate of drug-likeness (QED) is 0.694. The van der Waals surface area contributed by atoms with E-state index in [1.165, 1.54) is 0 Å². The molecular weight excluding hydrogens is 180 g/mol. The number of rotatable bonds is 4. The van der Waals surface area contributed by atoms with Crippen molar-refractivity contribution in [2.75, 3.05) is 13.1 Å². The van der Waals surface area contributed by atoms with Gasteiger partial charge in [0.25, 0.3) is 0 Å². The number of carbonyl (C=O) groups is 1. The third-order valence-corrected chi connectivity index (χ3v) is 2.71. The van der Waals surface area contributed by atoms with Gasteiger partial charge in [0, 0.05) is 12.6 Å². The normalized spacial score (nSPS) is 28.6. The molecule has 82 valence electrons. The largest absolute Gasteiger partial charge is 0.480 e. The minimum Gasteiger partial charge on any atom is -0.480 e. The molecule has 0 saturated carbocycles. The fraction of sp³-hybridized carbons (Fsp3) is 0.900. The molecule has 0 amide bonds. The molecule has 0 spiro atoms. The van der Waals surface area contributed by atoms with E-state index in [4.69, 9.17) is 10.8 Å². The van der Waals surface area contributed by atoms with Gasteiger partial charge >= 0.3 is 5.97 Å². The monoisotopic (exact) mass is 200 g/mol. The first kappa shape index (κ1) is 11.5. The zero-order chi connectivity index (χ0) is 10.7. The summed E-state index contributed by atoms with van der Waals surface area (Å²) in [4.78, 5) is 12.9. The van der Waals surface area contributed by atoms with E-state index >= 15 is 0 Å². The minimum atomic E-state index is -0.735. The van der Waals surface area contributed by atoms with Crippen LogP contribution in [-0.4, -0.2) is 41.1 Å². The molecule has 4 nitrogen and oxygen atoms in total. The Morgan fingerprint density at radius 1 is 1.64 bits per heavy atom. The molecule has 3 N–H and O–H groups in total. The van der Waals surface area contributed by atoms with Crippen molar-refractivity contribution in [3.63, 3.8) is 0 Å². The zero-order valence-corrected chi connectivity index (χ0v) is 8.94. The highest BCUT2D eigenvalue weighted by Gasteiger charge is 2.34. The average Bonchev–Trinajstić information content (AvgIpc) is 2.43. The Balaban J connectivity index is 2.45. The van der Waals surface area contributed by atoms with Gasteiger partial charge in [-0.15, -0.1) is 0 Å². The molecule has 0 aromatic heterocycles. The van der Waals surface area contributed by atoms with Crippen molar-refractivity contribution < 1.29 is 9.90 Å². The Morgan fingerprint density at radius 2 is 2.29 bits per heavy atom. The number of nitrogens with zero attached hydrogens (tertiary/aromatic N) is 1. The van der Waals surface area contributed by atoms with Gasteiger partial charge in [0.1, 0.15) is 6.04 Å². The number of nitrogens with two attached hydrogens (primary N) is 1. The van der Waals surface area contributed by atoms with Crippen LogP contribution in [0.2, 0.25) is 0 Å². The van der Waals surface area contributed by atoms with E-state index in [0.717, 1.165) is 19.5 Å².